The minimum absolute atomic E-state index is 0.165. The maximum absolute atomic E-state index is 12.3. The van der Waals surface area contributed by atoms with E-state index in [0.717, 1.165) is 24.5 Å². The van der Waals surface area contributed by atoms with E-state index in [2.05, 4.69) is 29.1 Å². The van der Waals surface area contributed by atoms with Crippen LogP contribution in [0.25, 0.3) is 0 Å². The molecule has 0 bridgehead atoms. The number of carbonyl (C=O) groups excluding carboxylic acids is 1. The van der Waals surface area contributed by atoms with Gasteiger partial charge in [-0.15, -0.1) is 0 Å². The van der Waals surface area contributed by atoms with Gasteiger partial charge in [0.05, 0.1) is 5.75 Å². The molecule has 0 radical (unpaired) electrons. The van der Waals surface area contributed by atoms with Crippen LogP contribution in [-0.4, -0.2) is 51.7 Å². The number of aryl methyl sites for hydroxylation is 2. The van der Waals surface area contributed by atoms with E-state index in [-0.39, 0.29) is 11.9 Å². The quantitative estimate of drug-likeness (QED) is 0.674. The fourth-order valence-corrected chi connectivity index (χ4v) is 3.21. The number of rotatable bonds is 3. The molecule has 110 valence electrons. The number of piperazine rings is 1. The third kappa shape index (κ3) is 3.70. The molecule has 0 aromatic carbocycles. The van der Waals surface area contributed by atoms with Gasteiger partial charge in [0.25, 0.3) is 0 Å². The van der Waals surface area contributed by atoms with Crippen LogP contribution in [0.5, 0.6) is 0 Å². The molecular formula is C14H22N4OS. The first-order chi connectivity index (χ1) is 9.47. The van der Waals surface area contributed by atoms with Gasteiger partial charge in [0.15, 0.2) is 5.16 Å². The zero-order valence-corrected chi connectivity index (χ0v) is 13.3. The van der Waals surface area contributed by atoms with Gasteiger partial charge in [-0.25, -0.2) is 9.97 Å². The van der Waals surface area contributed by atoms with Crippen LogP contribution < -0.4 is 5.32 Å². The van der Waals surface area contributed by atoms with Gasteiger partial charge in [0.1, 0.15) is 0 Å². The summed E-state index contributed by atoms with van der Waals surface area (Å²) >= 11 is 1.42. The molecule has 1 fully saturated rings. The molecule has 2 atom stereocenters. The summed E-state index contributed by atoms with van der Waals surface area (Å²) in [6, 6.07) is 2.51. The van der Waals surface area contributed by atoms with Crippen molar-refractivity contribution in [2.24, 2.45) is 0 Å². The highest BCUT2D eigenvalue weighted by Crippen LogP contribution is 2.17. The molecule has 0 spiro atoms. The van der Waals surface area contributed by atoms with Gasteiger partial charge in [-0.2, -0.15) is 0 Å². The van der Waals surface area contributed by atoms with Gasteiger partial charge in [-0.05, 0) is 33.8 Å². The van der Waals surface area contributed by atoms with E-state index in [4.69, 9.17) is 0 Å². The Morgan fingerprint density at radius 1 is 1.40 bits per heavy atom. The van der Waals surface area contributed by atoms with E-state index in [1.54, 1.807) is 0 Å². The van der Waals surface area contributed by atoms with Crippen LogP contribution in [-0.2, 0) is 4.79 Å². The fourth-order valence-electron chi connectivity index (χ4n) is 2.38. The monoisotopic (exact) mass is 294 g/mol. The second-order valence-corrected chi connectivity index (χ2v) is 6.23. The Morgan fingerprint density at radius 2 is 2.05 bits per heavy atom. The molecule has 6 heteroatoms. The predicted octanol–water partition coefficient (Wildman–Crippen LogP) is 1.39. The van der Waals surface area contributed by atoms with E-state index < -0.39 is 0 Å². The molecule has 1 aliphatic rings. The van der Waals surface area contributed by atoms with E-state index in [1.165, 1.54) is 11.8 Å². The molecule has 0 aliphatic carbocycles. The van der Waals surface area contributed by atoms with Crippen LogP contribution >= 0.6 is 11.8 Å². The number of hydrogen-bond acceptors (Lipinski definition) is 5. The summed E-state index contributed by atoms with van der Waals surface area (Å²) in [7, 11) is 0. The molecule has 1 N–H and O–H groups in total. The van der Waals surface area contributed by atoms with Crippen LogP contribution in [0.1, 0.15) is 25.2 Å². The summed E-state index contributed by atoms with van der Waals surface area (Å²) in [5.41, 5.74) is 1.88. The van der Waals surface area contributed by atoms with Gasteiger partial charge in [0.2, 0.25) is 5.91 Å². The fraction of sp³-hybridized carbons (Fsp3) is 0.643. The molecule has 0 saturated carbocycles. The van der Waals surface area contributed by atoms with Gasteiger partial charge >= 0.3 is 0 Å². The second-order valence-electron chi connectivity index (χ2n) is 5.29. The van der Waals surface area contributed by atoms with Crippen molar-refractivity contribution in [3.05, 3.63) is 17.5 Å². The molecule has 2 rings (SSSR count). The topological polar surface area (TPSA) is 58.1 Å². The molecule has 1 aliphatic heterocycles. The number of hydrogen-bond donors (Lipinski definition) is 1. The van der Waals surface area contributed by atoms with Crippen molar-refractivity contribution in [1.29, 1.82) is 0 Å². The van der Waals surface area contributed by atoms with Crippen molar-refractivity contribution < 1.29 is 4.79 Å². The summed E-state index contributed by atoms with van der Waals surface area (Å²) < 4.78 is 0. The van der Waals surface area contributed by atoms with Crippen LogP contribution in [0, 0.1) is 13.8 Å². The smallest absolute Gasteiger partial charge is 0.233 e. The Balaban J connectivity index is 1.94. The van der Waals surface area contributed by atoms with Crippen molar-refractivity contribution >= 4 is 17.7 Å². The number of aromatic nitrogens is 2. The minimum atomic E-state index is 0.165. The van der Waals surface area contributed by atoms with Crippen molar-refractivity contribution in [3.63, 3.8) is 0 Å². The third-order valence-corrected chi connectivity index (χ3v) is 4.47. The zero-order chi connectivity index (χ0) is 14.7. The lowest BCUT2D eigenvalue weighted by atomic mass is 10.1. The standard InChI is InChI=1S/C14H22N4OS/c1-9-7-10(2)17-14(16-9)20-8-13(19)18-6-5-15-11(3)12(18)4/h7,11-12,15H,5-6,8H2,1-4H3. The molecule has 1 aromatic rings. The SMILES string of the molecule is Cc1cc(C)nc(SCC(=O)N2CCNC(C)C2C)n1. The average Bonchev–Trinajstić information content (AvgIpc) is 2.38. The highest BCUT2D eigenvalue weighted by atomic mass is 32.2. The highest BCUT2D eigenvalue weighted by molar-refractivity contribution is 7.99. The first-order valence-corrected chi connectivity index (χ1v) is 7.94. The number of nitrogens with one attached hydrogen (secondary N) is 1. The molecular weight excluding hydrogens is 272 g/mol. The summed E-state index contributed by atoms with van der Waals surface area (Å²) in [6.07, 6.45) is 0. The lowest BCUT2D eigenvalue weighted by Crippen LogP contribution is -2.57. The molecule has 1 aromatic heterocycles. The van der Waals surface area contributed by atoms with E-state index in [1.807, 2.05) is 24.8 Å². The summed E-state index contributed by atoms with van der Waals surface area (Å²) in [5.74, 6) is 0.568. The number of thioether (sulfide) groups is 1. The van der Waals surface area contributed by atoms with Crippen LogP contribution in [0.15, 0.2) is 11.2 Å². The Bertz CT molecular complexity index is 474. The number of amides is 1. The summed E-state index contributed by atoms with van der Waals surface area (Å²) in [4.78, 5) is 23.0. The van der Waals surface area contributed by atoms with E-state index in [0.29, 0.717) is 17.0 Å². The van der Waals surface area contributed by atoms with Gasteiger partial charge in [-0.1, -0.05) is 11.8 Å². The maximum atomic E-state index is 12.3. The zero-order valence-electron chi connectivity index (χ0n) is 12.5. The number of nitrogens with zero attached hydrogens (tertiary/aromatic N) is 3. The minimum Gasteiger partial charge on any atom is -0.336 e. The van der Waals surface area contributed by atoms with E-state index >= 15 is 0 Å². The summed E-state index contributed by atoms with van der Waals surface area (Å²) in [6.45, 7) is 9.73. The number of carbonyl (C=O) groups is 1. The molecule has 5 nitrogen and oxygen atoms in total. The molecule has 1 amide bonds. The Morgan fingerprint density at radius 3 is 2.70 bits per heavy atom. The summed E-state index contributed by atoms with van der Waals surface area (Å²) in [5, 5.41) is 4.07. The Hall–Kier alpha value is -1.14. The predicted molar refractivity (Wildman–Crippen MR) is 80.9 cm³/mol. The van der Waals surface area contributed by atoms with Crippen LogP contribution in [0.2, 0.25) is 0 Å². The van der Waals surface area contributed by atoms with E-state index in [9.17, 15) is 4.79 Å². The second kappa shape index (κ2) is 6.54. The van der Waals surface area contributed by atoms with Gasteiger partial charge in [-0.3, -0.25) is 4.79 Å². The average molecular weight is 294 g/mol. The Labute approximate surface area is 124 Å². The third-order valence-electron chi connectivity index (χ3n) is 3.64. The van der Waals surface area contributed by atoms with Crippen molar-refractivity contribution in [1.82, 2.24) is 20.2 Å². The first kappa shape index (κ1) is 15.3. The molecule has 1 saturated heterocycles. The normalized spacial score (nSPS) is 22.9. The first-order valence-electron chi connectivity index (χ1n) is 6.95. The molecule has 20 heavy (non-hydrogen) atoms. The Kier molecular flexibility index (Phi) is 4.99. The maximum Gasteiger partial charge on any atom is 0.233 e. The van der Waals surface area contributed by atoms with Gasteiger partial charge in [0, 0.05) is 36.6 Å². The van der Waals surface area contributed by atoms with Crippen LogP contribution in [0.4, 0.5) is 0 Å². The van der Waals surface area contributed by atoms with Crippen LogP contribution in [0.3, 0.4) is 0 Å². The van der Waals surface area contributed by atoms with Crippen molar-refractivity contribution in [2.45, 2.75) is 44.9 Å². The highest BCUT2D eigenvalue weighted by Gasteiger charge is 2.27. The lowest BCUT2D eigenvalue weighted by molar-refractivity contribution is -0.131. The lowest BCUT2D eigenvalue weighted by Gasteiger charge is -2.38. The van der Waals surface area contributed by atoms with Crippen molar-refractivity contribution in [3.8, 4) is 0 Å². The molecule has 2 unspecified atom stereocenters. The van der Waals surface area contributed by atoms with Crippen molar-refractivity contribution in [2.75, 3.05) is 18.8 Å². The van der Waals surface area contributed by atoms with Gasteiger partial charge < -0.3 is 10.2 Å². The molecule has 2 heterocycles. The largest absolute Gasteiger partial charge is 0.336 e.